The third-order valence-corrected chi connectivity index (χ3v) is 1.54. The number of nitrogens with zero attached hydrogens (tertiary/aromatic N) is 1. The Morgan fingerprint density at radius 2 is 1.86 bits per heavy atom. The lowest BCUT2D eigenvalue weighted by Gasteiger charge is -2.00. The second-order valence-corrected chi connectivity index (χ2v) is 2.51. The van der Waals surface area contributed by atoms with E-state index in [0.29, 0.717) is 5.56 Å². The Morgan fingerprint density at radius 3 is 2.29 bits per heavy atom. The first kappa shape index (κ1) is 9.91. The summed E-state index contributed by atoms with van der Waals surface area (Å²) < 4.78 is 0. The lowest BCUT2D eigenvalue weighted by atomic mass is 10.1. The summed E-state index contributed by atoms with van der Waals surface area (Å²) >= 11 is 0. The van der Waals surface area contributed by atoms with Crippen LogP contribution in [0.25, 0.3) is 6.08 Å². The summed E-state index contributed by atoms with van der Waals surface area (Å²) in [4.78, 5) is 19.7. The van der Waals surface area contributed by atoms with Crippen LogP contribution in [0.15, 0.2) is 30.5 Å². The maximum absolute atomic E-state index is 10.3. The number of hydrogen-bond donors (Lipinski definition) is 0. The minimum atomic E-state index is -1.27. The third-order valence-electron chi connectivity index (χ3n) is 1.54. The van der Waals surface area contributed by atoms with Crippen LogP contribution >= 0.6 is 0 Å². The molecule has 0 heterocycles. The molecular formula is C9H6NO4-. The van der Waals surface area contributed by atoms with Gasteiger partial charge in [0.25, 0.3) is 0 Å². The smallest absolute Gasteiger partial charge is 0.235 e. The molecule has 1 aromatic rings. The van der Waals surface area contributed by atoms with Crippen LogP contribution in [-0.2, 0) is 0 Å². The lowest BCUT2D eigenvalue weighted by Crippen LogP contribution is -2.21. The minimum absolute atomic E-state index is 0.0447. The Kier molecular flexibility index (Phi) is 2.96. The van der Waals surface area contributed by atoms with Gasteiger partial charge in [0.1, 0.15) is 0 Å². The van der Waals surface area contributed by atoms with E-state index in [0.717, 1.165) is 6.20 Å². The van der Waals surface area contributed by atoms with Crippen LogP contribution in [0.3, 0.4) is 0 Å². The van der Waals surface area contributed by atoms with Gasteiger partial charge >= 0.3 is 0 Å². The van der Waals surface area contributed by atoms with E-state index < -0.39 is 10.9 Å². The monoisotopic (exact) mass is 192 g/mol. The molecule has 0 saturated carbocycles. The fourth-order valence-electron chi connectivity index (χ4n) is 0.877. The first-order chi connectivity index (χ1) is 6.59. The second-order valence-electron chi connectivity index (χ2n) is 2.51. The molecule has 5 heteroatoms. The van der Waals surface area contributed by atoms with Crippen molar-refractivity contribution in [3.63, 3.8) is 0 Å². The Balaban J connectivity index is 2.83. The van der Waals surface area contributed by atoms with Crippen LogP contribution in [0, 0.1) is 10.1 Å². The summed E-state index contributed by atoms with van der Waals surface area (Å²) in [5.74, 6) is -1.27. The number of rotatable bonds is 3. The predicted molar refractivity (Wildman–Crippen MR) is 46.8 cm³/mol. The fraction of sp³-hybridized carbons (Fsp3) is 0. The first-order valence-electron chi connectivity index (χ1n) is 3.72. The zero-order valence-electron chi connectivity index (χ0n) is 7.04. The largest absolute Gasteiger partial charge is 0.545 e. The molecule has 0 atom stereocenters. The van der Waals surface area contributed by atoms with E-state index in [-0.39, 0.29) is 5.56 Å². The van der Waals surface area contributed by atoms with Gasteiger partial charge in [-0.1, -0.05) is 24.3 Å². The second kappa shape index (κ2) is 4.18. The number of benzene rings is 1. The maximum atomic E-state index is 10.3. The Morgan fingerprint density at radius 1 is 1.29 bits per heavy atom. The molecule has 0 radical (unpaired) electrons. The van der Waals surface area contributed by atoms with Gasteiger partial charge < -0.3 is 9.90 Å². The highest BCUT2D eigenvalue weighted by Crippen LogP contribution is 2.05. The summed E-state index contributed by atoms with van der Waals surface area (Å²) in [5.41, 5.74) is 0.606. The molecule has 1 rings (SSSR count). The molecule has 0 N–H and O–H groups in total. The predicted octanol–water partition coefficient (Wildman–Crippen LogP) is 0.297. The summed E-state index contributed by atoms with van der Waals surface area (Å²) in [5, 5.41) is 20.3. The SMILES string of the molecule is O=C([O-])c1ccc(/C=C/[N+](=O)[O-])cc1. The van der Waals surface area contributed by atoms with E-state index in [4.69, 9.17) is 0 Å². The van der Waals surface area contributed by atoms with Gasteiger partial charge in [0, 0.05) is 6.08 Å². The molecule has 0 unspecified atom stereocenters. The van der Waals surface area contributed by atoms with Crippen molar-refractivity contribution in [2.75, 3.05) is 0 Å². The molecule has 14 heavy (non-hydrogen) atoms. The zero-order chi connectivity index (χ0) is 10.6. The number of aromatic carboxylic acids is 1. The normalized spacial score (nSPS) is 10.3. The van der Waals surface area contributed by atoms with Gasteiger partial charge in [-0.15, -0.1) is 0 Å². The highest BCUT2D eigenvalue weighted by atomic mass is 16.6. The van der Waals surface area contributed by atoms with Gasteiger partial charge in [-0.25, -0.2) is 0 Å². The molecule has 0 aliphatic carbocycles. The Bertz CT molecular complexity index is 380. The van der Waals surface area contributed by atoms with Crippen molar-refractivity contribution < 1.29 is 14.8 Å². The van der Waals surface area contributed by atoms with Crippen molar-refractivity contribution in [3.8, 4) is 0 Å². The maximum Gasteiger partial charge on any atom is 0.235 e. The van der Waals surface area contributed by atoms with Crippen molar-refractivity contribution in [3.05, 3.63) is 51.7 Å². The van der Waals surface area contributed by atoms with Gasteiger partial charge in [-0.05, 0) is 11.1 Å². The number of carbonyl (C=O) groups excluding carboxylic acids is 1. The molecule has 1 aromatic carbocycles. The number of carboxylic acid groups (broad SMARTS) is 1. The molecule has 0 aliphatic heterocycles. The van der Waals surface area contributed by atoms with Crippen LogP contribution in [0.2, 0.25) is 0 Å². The zero-order valence-corrected chi connectivity index (χ0v) is 7.04. The van der Waals surface area contributed by atoms with E-state index in [1.165, 1.54) is 30.3 Å². The molecule has 5 nitrogen and oxygen atoms in total. The van der Waals surface area contributed by atoms with E-state index in [1.54, 1.807) is 0 Å². The van der Waals surface area contributed by atoms with E-state index in [1.807, 2.05) is 0 Å². The van der Waals surface area contributed by atoms with Crippen molar-refractivity contribution in [2.24, 2.45) is 0 Å². The van der Waals surface area contributed by atoms with Crippen molar-refractivity contribution in [1.82, 2.24) is 0 Å². The average Bonchev–Trinajstić information content (AvgIpc) is 2.15. The Labute approximate surface area is 79.4 Å². The lowest BCUT2D eigenvalue weighted by molar-refractivity contribution is -0.400. The number of carboxylic acids is 1. The molecule has 0 aliphatic rings. The molecule has 0 aromatic heterocycles. The molecule has 0 spiro atoms. The van der Waals surface area contributed by atoms with Crippen molar-refractivity contribution in [2.45, 2.75) is 0 Å². The summed E-state index contributed by atoms with van der Waals surface area (Å²) in [6, 6.07) is 5.58. The van der Waals surface area contributed by atoms with Crippen LogP contribution in [-0.4, -0.2) is 10.9 Å². The van der Waals surface area contributed by atoms with E-state index >= 15 is 0 Å². The molecule has 0 amide bonds. The van der Waals surface area contributed by atoms with Crippen molar-refractivity contribution in [1.29, 1.82) is 0 Å². The van der Waals surface area contributed by atoms with Crippen LogP contribution in [0.5, 0.6) is 0 Å². The molecular weight excluding hydrogens is 186 g/mol. The van der Waals surface area contributed by atoms with Crippen LogP contribution in [0.1, 0.15) is 15.9 Å². The van der Waals surface area contributed by atoms with E-state index in [9.17, 15) is 20.0 Å². The van der Waals surface area contributed by atoms with Gasteiger partial charge in [0.05, 0.1) is 10.9 Å². The fourth-order valence-corrected chi connectivity index (χ4v) is 0.877. The minimum Gasteiger partial charge on any atom is -0.545 e. The van der Waals surface area contributed by atoms with Gasteiger partial charge in [-0.3, -0.25) is 10.1 Å². The third kappa shape index (κ3) is 2.71. The summed E-state index contributed by atoms with van der Waals surface area (Å²) in [6.45, 7) is 0. The van der Waals surface area contributed by atoms with Crippen molar-refractivity contribution >= 4 is 12.0 Å². The van der Waals surface area contributed by atoms with Crippen LogP contribution in [0.4, 0.5) is 0 Å². The average molecular weight is 192 g/mol. The molecule has 0 fully saturated rings. The number of carbonyl (C=O) groups is 1. The number of hydrogen-bond acceptors (Lipinski definition) is 4. The quantitative estimate of drug-likeness (QED) is 0.509. The van der Waals surface area contributed by atoms with Crippen LogP contribution < -0.4 is 5.11 Å². The standard InChI is InChI=1S/C9H7NO4/c11-9(12)8-3-1-7(2-4-8)5-6-10(13)14/h1-6H,(H,11,12)/p-1/b6-5+. The molecule has 0 saturated heterocycles. The van der Waals surface area contributed by atoms with E-state index in [2.05, 4.69) is 0 Å². The van der Waals surface area contributed by atoms with Gasteiger partial charge in [0.15, 0.2) is 0 Å². The Hall–Kier alpha value is -2.17. The first-order valence-corrected chi connectivity index (χ1v) is 3.72. The number of nitro groups is 1. The van der Waals surface area contributed by atoms with Gasteiger partial charge in [-0.2, -0.15) is 0 Å². The summed E-state index contributed by atoms with van der Waals surface area (Å²) in [7, 11) is 0. The summed E-state index contributed by atoms with van der Waals surface area (Å²) in [6.07, 6.45) is 2.06. The molecule has 72 valence electrons. The highest BCUT2D eigenvalue weighted by molar-refractivity contribution is 5.85. The highest BCUT2D eigenvalue weighted by Gasteiger charge is 1.93. The van der Waals surface area contributed by atoms with Gasteiger partial charge in [0.2, 0.25) is 6.20 Å². The molecule has 0 bridgehead atoms. The topological polar surface area (TPSA) is 83.3 Å².